The summed E-state index contributed by atoms with van der Waals surface area (Å²) in [6.45, 7) is 1.54. The molecule has 0 aromatic carbocycles. The molecule has 2 nitrogen and oxygen atoms in total. The molecule has 2 heterocycles. The van der Waals surface area contributed by atoms with E-state index in [1.807, 2.05) is 0 Å². The van der Waals surface area contributed by atoms with Gasteiger partial charge in [0, 0.05) is 4.88 Å². The molecule has 2 rings (SSSR count). The van der Waals surface area contributed by atoms with Crippen LogP contribution >= 0.6 is 27.3 Å². The number of hydrogen-bond donors (Lipinski definition) is 1. The molecular weight excluding hydrogens is 226 g/mol. The molecule has 0 saturated heterocycles. The first-order valence-electron chi connectivity index (χ1n) is 3.42. The number of hydrogen-bond acceptors (Lipinski definition) is 3. The van der Waals surface area contributed by atoms with Crippen LogP contribution in [0.1, 0.15) is 10.4 Å². The van der Waals surface area contributed by atoms with Crippen LogP contribution in [0.5, 0.6) is 0 Å². The molecule has 0 bridgehead atoms. The fourth-order valence-corrected chi connectivity index (χ4v) is 2.98. The zero-order valence-electron chi connectivity index (χ0n) is 5.89. The molecule has 0 fully saturated rings. The predicted octanol–water partition coefficient (Wildman–Crippen LogP) is 2.17. The summed E-state index contributed by atoms with van der Waals surface area (Å²) in [5.74, 6) is 0. The molecule has 1 aromatic rings. The van der Waals surface area contributed by atoms with Crippen molar-refractivity contribution in [2.45, 2.75) is 13.0 Å². The Hall–Kier alpha value is -0.0600. The Morgan fingerprint density at radius 3 is 3.09 bits per heavy atom. The van der Waals surface area contributed by atoms with Crippen LogP contribution in [0.15, 0.2) is 3.79 Å². The minimum Gasteiger partial charge on any atom is -0.397 e. The summed E-state index contributed by atoms with van der Waals surface area (Å²) in [5.41, 5.74) is 8.03. The van der Waals surface area contributed by atoms with Crippen molar-refractivity contribution in [3.05, 3.63) is 14.2 Å². The number of fused-ring (bicyclic) bond motifs is 1. The van der Waals surface area contributed by atoms with Crippen molar-refractivity contribution in [2.75, 3.05) is 12.3 Å². The van der Waals surface area contributed by atoms with E-state index in [1.165, 1.54) is 10.4 Å². The molecule has 4 heteroatoms. The molecule has 1 aliphatic heterocycles. The second-order valence-corrected chi connectivity index (χ2v) is 4.92. The summed E-state index contributed by atoms with van der Waals surface area (Å²) < 4.78 is 6.35. The van der Waals surface area contributed by atoms with Crippen LogP contribution in [0.4, 0.5) is 5.69 Å². The lowest BCUT2D eigenvalue weighted by atomic mass is 10.1. The van der Waals surface area contributed by atoms with E-state index in [0.717, 1.165) is 29.1 Å². The molecular formula is C7H8BrNOS. The minimum atomic E-state index is 0.732. The monoisotopic (exact) mass is 233 g/mol. The van der Waals surface area contributed by atoms with Gasteiger partial charge in [0.05, 0.1) is 22.7 Å². The average molecular weight is 234 g/mol. The van der Waals surface area contributed by atoms with Gasteiger partial charge < -0.3 is 10.5 Å². The summed E-state index contributed by atoms with van der Waals surface area (Å²) in [6, 6.07) is 0. The molecule has 0 radical (unpaired) electrons. The summed E-state index contributed by atoms with van der Waals surface area (Å²) in [7, 11) is 0. The Morgan fingerprint density at radius 1 is 1.55 bits per heavy atom. The maximum atomic E-state index is 5.83. The molecule has 0 amide bonds. The number of ether oxygens (including phenoxy) is 1. The van der Waals surface area contributed by atoms with Crippen molar-refractivity contribution < 1.29 is 4.74 Å². The molecule has 1 aliphatic rings. The molecule has 0 aliphatic carbocycles. The Balaban J connectivity index is 2.50. The van der Waals surface area contributed by atoms with Gasteiger partial charge in [-0.1, -0.05) is 0 Å². The van der Waals surface area contributed by atoms with E-state index in [4.69, 9.17) is 10.5 Å². The third-order valence-electron chi connectivity index (χ3n) is 1.82. The van der Waals surface area contributed by atoms with E-state index in [9.17, 15) is 0 Å². The van der Waals surface area contributed by atoms with Gasteiger partial charge in [0.15, 0.2) is 0 Å². The van der Waals surface area contributed by atoms with Gasteiger partial charge in [-0.15, -0.1) is 11.3 Å². The van der Waals surface area contributed by atoms with Crippen LogP contribution in [0.25, 0.3) is 0 Å². The Bertz CT molecular complexity index is 284. The predicted molar refractivity (Wildman–Crippen MR) is 49.8 cm³/mol. The molecule has 0 saturated carbocycles. The lowest BCUT2D eigenvalue weighted by Gasteiger charge is -2.11. The van der Waals surface area contributed by atoms with Gasteiger partial charge in [0.2, 0.25) is 0 Å². The molecule has 0 unspecified atom stereocenters. The van der Waals surface area contributed by atoms with Gasteiger partial charge in [0.1, 0.15) is 0 Å². The number of nitrogen functional groups attached to an aromatic ring is 1. The number of thiophene rings is 1. The Kier molecular flexibility index (Phi) is 1.91. The van der Waals surface area contributed by atoms with Gasteiger partial charge in [0.25, 0.3) is 0 Å². The first-order chi connectivity index (χ1) is 5.29. The molecule has 0 spiro atoms. The highest BCUT2D eigenvalue weighted by Gasteiger charge is 2.17. The quantitative estimate of drug-likeness (QED) is 0.746. The topological polar surface area (TPSA) is 35.2 Å². The van der Waals surface area contributed by atoms with Crippen LogP contribution in [-0.4, -0.2) is 6.61 Å². The van der Waals surface area contributed by atoms with Crippen LogP contribution in [0.2, 0.25) is 0 Å². The number of anilines is 1. The van der Waals surface area contributed by atoms with Crippen molar-refractivity contribution in [2.24, 2.45) is 0 Å². The third kappa shape index (κ3) is 1.19. The maximum Gasteiger partial charge on any atom is 0.0934 e. The largest absolute Gasteiger partial charge is 0.397 e. The van der Waals surface area contributed by atoms with E-state index in [1.54, 1.807) is 11.3 Å². The van der Waals surface area contributed by atoms with E-state index < -0.39 is 0 Å². The lowest BCUT2D eigenvalue weighted by molar-refractivity contribution is 0.114. The maximum absolute atomic E-state index is 5.83. The third-order valence-corrected chi connectivity index (χ3v) is 3.74. The van der Waals surface area contributed by atoms with Crippen LogP contribution in [-0.2, 0) is 17.8 Å². The second kappa shape index (κ2) is 2.77. The Morgan fingerprint density at radius 2 is 2.36 bits per heavy atom. The van der Waals surface area contributed by atoms with E-state index in [0.29, 0.717) is 0 Å². The fourth-order valence-electron chi connectivity index (χ4n) is 1.22. The van der Waals surface area contributed by atoms with Crippen molar-refractivity contribution in [3.8, 4) is 0 Å². The van der Waals surface area contributed by atoms with Crippen LogP contribution in [0, 0.1) is 0 Å². The van der Waals surface area contributed by atoms with E-state index in [-0.39, 0.29) is 0 Å². The van der Waals surface area contributed by atoms with Gasteiger partial charge in [-0.25, -0.2) is 0 Å². The van der Waals surface area contributed by atoms with Crippen LogP contribution in [0.3, 0.4) is 0 Å². The van der Waals surface area contributed by atoms with Gasteiger partial charge in [-0.05, 0) is 27.9 Å². The van der Waals surface area contributed by atoms with E-state index in [2.05, 4.69) is 15.9 Å². The minimum absolute atomic E-state index is 0.732. The second-order valence-electron chi connectivity index (χ2n) is 2.49. The fraction of sp³-hybridized carbons (Fsp3) is 0.429. The van der Waals surface area contributed by atoms with Crippen molar-refractivity contribution in [1.29, 1.82) is 0 Å². The summed E-state index contributed by atoms with van der Waals surface area (Å²) >= 11 is 5.10. The zero-order chi connectivity index (χ0) is 7.84. The summed E-state index contributed by atoms with van der Waals surface area (Å²) in [6.07, 6.45) is 0.962. The first-order valence-corrected chi connectivity index (χ1v) is 5.03. The van der Waals surface area contributed by atoms with Gasteiger partial charge >= 0.3 is 0 Å². The smallest absolute Gasteiger partial charge is 0.0934 e. The normalized spacial score (nSPS) is 16.5. The summed E-state index contributed by atoms with van der Waals surface area (Å²) in [4.78, 5) is 1.28. The van der Waals surface area contributed by atoms with Crippen molar-refractivity contribution >= 4 is 33.0 Å². The van der Waals surface area contributed by atoms with Crippen molar-refractivity contribution in [3.63, 3.8) is 0 Å². The van der Waals surface area contributed by atoms with Crippen LogP contribution < -0.4 is 5.73 Å². The molecule has 1 aromatic heterocycles. The van der Waals surface area contributed by atoms with Gasteiger partial charge in [-0.2, -0.15) is 0 Å². The molecule has 0 atom stereocenters. The SMILES string of the molecule is Nc1c(Br)sc2c1CCOC2. The number of nitrogens with two attached hydrogens (primary N) is 1. The molecule has 2 N–H and O–H groups in total. The average Bonchev–Trinajstić information content (AvgIpc) is 2.30. The van der Waals surface area contributed by atoms with E-state index >= 15 is 0 Å². The standard InChI is InChI=1S/C7H8BrNOS/c8-7-6(9)4-1-2-10-3-5(4)11-7/h1-3,9H2. The highest BCUT2D eigenvalue weighted by atomic mass is 79.9. The lowest BCUT2D eigenvalue weighted by Crippen LogP contribution is -2.08. The zero-order valence-corrected chi connectivity index (χ0v) is 8.30. The molecule has 60 valence electrons. The highest BCUT2D eigenvalue weighted by Crippen LogP contribution is 2.37. The first kappa shape index (κ1) is 7.58. The molecule has 11 heavy (non-hydrogen) atoms. The number of rotatable bonds is 0. The van der Waals surface area contributed by atoms with Gasteiger partial charge in [-0.3, -0.25) is 0 Å². The Labute approximate surface area is 77.5 Å². The number of halogens is 1. The summed E-state index contributed by atoms with van der Waals surface area (Å²) in [5, 5.41) is 0. The highest BCUT2D eigenvalue weighted by molar-refractivity contribution is 9.11. The van der Waals surface area contributed by atoms with Crippen molar-refractivity contribution in [1.82, 2.24) is 0 Å².